The quantitative estimate of drug-likeness (QED) is 0.771. The van der Waals surface area contributed by atoms with Gasteiger partial charge in [0.15, 0.2) is 5.65 Å². The molecule has 5 heteroatoms. The predicted octanol–water partition coefficient (Wildman–Crippen LogP) is 1.46. The Bertz CT molecular complexity index is 447. The number of aromatic nitrogens is 3. The lowest BCUT2D eigenvalue weighted by Gasteiger charge is -2.08. The number of pyridine rings is 1. The number of nitrogens with one attached hydrogen (secondary N) is 2. The number of H-pyrrole nitrogens is 1. The van der Waals surface area contributed by atoms with E-state index in [2.05, 4.69) is 26.6 Å². The first-order valence-electron chi connectivity index (χ1n) is 4.94. The Morgan fingerprint density at radius 2 is 2.33 bits per heavy atom. The van der Waals surface area contributed by atoms with Crippen molar-refractivity contribution in [2.24, 2.45) is 0 Å². The second kappa shape index (κ2) is 4.16. The number of hydrogen-bond donors (Lipinski definition) is 2. The molecule has 0 aliphatic carbocycles. The first-order valence-corrected chi connectivity index (χ1v) is 4.94. The van der Waals surface area contributed by atoms with Crippen LogP contribution in [-0.2, 0) is 0 Å². The van der Waals surface area contributed by atoms with E-state index in [1.165, 1.54) is 17.4 Å². The minimum atomic E-state index is 0. The lowest BCUT2D eigenvalue weighted by Crippen LogP contribution is -2.08. The molecule has 1 fully saturated rings. The van der Waals surface area contributed by atoms with Crippen molar-refractivity contribution in [1.82, 2.24) is 20.5 Å². The van der Waals surface area contributed by atoms with E-state index in [9.17, 15) is 0 Å². The van der Waals surface area contributed by atoms with Gasteiger partial charge in [-0.05, 0) is 30.5 Å². The van der Waals surface area contributed by atoms with E-state index in [1.54, 1.807) is 0 Å². The number of hydrogen-bond acceptors (Lipinski definition) is 3. The first kappa shape index (κ1) is 10.4. The fraction of sp³-hybridized carbons (Fsp3) is 0.400. The number of halogens is 1. The van der Waals surface area contributed by atoms with Crippen molar-refractivity contribution in [3.05, 3.63) is 24.0 Å². The summed E-state index contributed by atoms with van der Waals surface area (Å²) in [5.41, 5.74) is 2.27. The van der Waals surface area contributed by atoms with Crippen LogP contribution in [0.15, 0.2) is 18.5 Å². The molecule has 1 atom stereocenters. The van der Waals surface area contributed by atoms with Crippen LogP contribution in [0.3, 0.4) is 0 Å². The lowest BCUT2D eigenvalue weighted by atomic mass is 9.97. The van der Waals surface area contributed by atoms with Gasteiger partial charge in [0.1, 0.15) is 0 Å². The van der Waals surface area contributed by atoms with Gasteiger partial charge >= 0.3 is 0 Å². The molecule has 0 saturated carbocycles. The molecule has 0 aromatic carbocycles. The third-order valence-corrected chi connectivity index (χ3v) is 2.89. The highest BCUT2D eigenvalue weighted by Crippen LogP contribution is 2.27. The average molecular weight is 225 g/mol. The van der Waals surface area contributed by atoms with E-state index in [0.29, 0.717) is 5.92 Å². The summed E-state index contributed by atoms with van der Waals surface area (Å²) in [6, 6.07) is 2.11. The van der Waals surface area contributed by atoms with Gasteiger partial charge in [0.05, 0.1) is 6.20 Å². The van der Waals surface area contributed by atoms with Gasteiger partial charge in [-0.3, -0.25) is 5.10 Å². The van der Waals surface area contributed by atoms with Gasteiger partial charge in [0.25, 0.3) is 0 Å². The van der Waals surface area contributed by atoms with Gasteiger partial charge in [-0.25, -0.2) is 4.98 Å². The SMILES string of the molecule is Cl.c1cc(C2CCNC2)c2cn[nH]c2n1. The van der Waals surface area contributed by atoms with Crippen LogP contribution < -0.4 is 5.32 Å². The molecule has 1 unspecified atom stereocenters. The maximum absolute atomic E-state index is 4.23. The third-order valence-electron chi connectivity index (χ3n) is 2.89. The third kappa shape index (κ3) is 1.70. The van der Waals surface area contributed by atoms with E-state index >= 15 is 0 Å². The monoisotopic (exact) mass is 224 g/mol. The zero-order valence-electron chi connectivity index (χ0n) is 8.23. The van der Waals surface area contributed by atoms with E-state index in [1.807, 2.05) is 12.4 Å². The van der Waals surface area contributed by atoms with Crippen molar-refractivity contribution in [1.29, 1.82) is 0 Å². The summed E-state index contributed by atoms with van der Waals surface area (Å²) < 4.78 is 0. The number of nitrogens with zero attached hydrogens (tertiary/aromatic N) is 2. The molecule has 1 saturated heterocycles. The maximum Gasteiger partial charge on any atom is 0.155 e. The fourth-order valence-corrected chi connectivity index (χ4v) is 2.15. The molecule has 4 nitrogen and oxygen atoms in total. The lowest BCUT2D eigenvalue weighted by molar-refractivity contribution is 0.769. The van der Waals surface area contributed by atoms with Crippen LogP contribution in [0.5, 0.6) is 0 Å². The standard InChI is InChI=1S/C10H12N4.ClH/c1-3-11-5-7(1)8-2-4-12-10-9(8)6-13-14-10;/h2,4,6-7,11H,1,3,5H2,(H,12,13,14);1H. The van der Waals surface area contributed by atoms with Gasteiger partial charge in [-0.2, -0.15) is 5.10 Å². The molecular formula is C10H13ClN4. The molecule has 80 valence electrons. The van der Waals surface area contributed by atoms with Crippen LogP contribution in [0.2, 0.25) is 0 Å². The number of fused-ring (bicyclic) bond motifs is 1. The van der Waals surface area contributed by atoms with Crippen molar-refractivity contribution < 1.29 is 0 Å². The van der Waals surface area contributed by atoms with Gasteiger partial charge in [0, 0.05) is 18.1 Å². The van der Waals surface area contributed by atoms with E-state index in [-0.39, 0.29) is 12.4 Å². The molecule has 0 amide bonds. The molecule has 0 radical (unpaired) electrons. The summed E-state index contributed by atoms with van der Waals surface area (Å²) in [7, 11) is 0. The number of aromatic amines is 1. The molecule has 1 aliphatic rings. The Hall–Kier alpha value is -1.13. The first-order chi connectivity index (χ1) is 6.95. The normalized spacial score (nSPS) is 20.4. The van der Waals surface area contributed by atoms with Gasteiger partial charge in [0.2, 0.25) is 0 Å². The molecule has 2 aromatic rings. The van der Waals surface area contributed by atoms with Crippen molar-refractivity contribution in [3.63, 3.8) is 0 Å². The summed E-state index contributed by atoms with van der Waals surface area (Å²) in [6.07, 6.45) is 4.94. The Morgan fingerprint density at radius 3 is 3.13 bits per heavy atom. The highest BCUT2D eigenvalue weighted by Gasteiger charge is 2.19. The Morgan fingerprint density at radius 1 is 1.40 bits per heavy atom. The van der Waals surface area contributed by atoms with Gasteiger partial charge < -0.3 is 5.32 Å². The Kier molecular flexibility index (Phi) is 2.88. The minimum Gasteiger partial charge on any atom is -0.316 e. The molecule has 2 N–H and O–H groups in total. The van der Waals surface area contributed by atoms with Crippen molar-refractivity contribution in [2.45, 2.75) is 12.3 Å². The van der Waals surface area contributed by atoms with Crippen molar-refractivity contribution >= 4 is 23.4 Å². The zero-order chi connectivity index (χ0) is 9.38. The van der Waals surface area contributed by atoms with E-state index < -0.39 is 0 Å². The van der Waals surface area contributed by atoms with Gasteiger partial charge in [-0.1, -0.05) is 0 Å². The summed E-state index contributed by atoms with van der Waals surface area (Å²) in [4.78, 5) is 4.23. The smallest absolute Gasteiger partial charge is 0.155 e. The summed E-state index contributed by atoms with van der Waals surface area (Å²) in [6.45, 7) is 2.19. The largest absolute Gasteiger partial charge is 0.316 e. The van der Waals surface area contributed by atoms with Crippen LogP contribution in [-0.4, -0.2) is 28.3 Å². The summed E-state index contributed by atoms with van der Waals surface area (Å²) in [5, 5.41) is 11.5. The topological polar surface area (TPSA) is 53.6 Å². The molecule has 3 rings (SSSR count). The van der Waals surface area contributed by atoms with Crippen LogP contribution in [0.25, 0.3) is 11.0 Å². The van der Waals surface area contributed by atoms with Crippen LogP contribution in [0.4, 0.5) is 0 Å². The molecule has 0 bridgehead atoms. The average Bonchev–Trinajstić information content (AvgIpc) is 2.88. The molecule has 15 heavy (non-hydrogen) atoms. The van der Waals surface area contributed by atoms with Gasteiger partial charge in [-0.15, -0.1) is 12.4 Å². The van der Waals surface area contributed by atoms with Crippen molar-refractivity contribution in [2.75, 3.05) is 13.1 Å². The minimum absolute atomic E-state index is 0. The van der Waals surface area contributed by atoms with E-state index in [4.69, 9.17) is 0 Å². The Balaban J connectivity index is 0.000000853. The predicted molar refractivity (Wildman–Crippen MR) is 61.4 cm³/mol. The molecule has 1 aliphatic heterocycles. The highest BCUT2D eigenvalue weighted by atomic mass is 35.5. The van der Waals surface area contributed by atoms with Crippen LogP contribution in [0.1, 0.15) is 17.9 Å². The highest BCUT2D eigenvalue weighted by molar-refractivity contribution is 5.85. The van der Waals surface area contributed by atoms with Crippen LogP contribution >= 0.6 is 12.4 Å². The van der Waals surface area contributed by atoms with E-state index in [0.717, 1.165) is 18.7 Å². The van der Waals surface area contributed by atoms with Crippen LogP contribution in [0, 0.1) is 0 Å². The number of rotatable bonds is 1. The van der Waals surface area contributed by atoms with Crippen molar-refractivity contribution in [3.8, 4) is 0 Å². The molecular weight excluding hydrogens is 212 g/mol. The summed E-state index contributed by atoms with van der Waals surface area (Å²) in [5.74, 6) is 0.623. The molecule has 0 spiro atoms. The Labute approximate surface area is 93.9 Å². The molecule has 2 aromatic heterocycles. The molecule has 3 heterocycles. The second-order valence-corrected chi connectivity index (χ2v) is 3.72. The maximum atomic E-state index is 4.23. The summed E-state index contributed by atoms with van der Waals surface area (Å²) >= 11 is 0. The second-order valence-electron chi connectivity index (χ2n) is 3.72. The fourth-order valence-electron chi connectivity index (χ4n) is 2.15. The zero-order valence-corrected chi connectivity index (χ0v) is 9.05.